The van der Waals surface area contributed by atoms with Crippen molar-refractivity contribution in [3.05, 3.63) is 97.8 Å². The minimum atomic E-state index is -0.729. The second kappa shape index (κ2) is 13.1. The number of aromatic nitrogens is 4. The number of anilines is 4. The Hall–Kier alpha value is -3.98. The van der Waals surface area contributed by atoms with Crippen molar-refractivity contribution in [2.75, 3.05) is 10.6 Å². The van der Waals surface area contributed by atoms with Gasteiger partial charge >= 0.3 is 0 Å². The van der Waals surface area contributed by atoms with Crippen LogP contribution in [-0.4, -0.2) is 31.3 Å². The van der Waals surface area contributed by atoms with E-state index in [2.05, 4.69) is 93.4 Å². The lowest BCUT2D eigenvalue weighted by molar-refractivity contribution is 0.513. The van der Waals surface area contributed by atoms with Crippen LogP contribution in [0.1, 0.15) is 64.2 Å². The lowest BCUT2D eigenvalue weighted by Crippen LogP contribution is -2.30. The highest BCUT2D eigenvalue weighted by Gasteiger charge is 2.34. The van der Waals surface area contributed by atoms with Gasteiger partial charge in [-0.15, -0.1) is 0 Å². The Balaban J connectivity index is 1.36. The number of hydrogen-bond donors (Lipinski definition) is 2. The summed E-state index contributed by atoms with van der Waals surface area (Å²) in [6, 6.07) is 27.7. The van der Waals surface area contributed by atoms with E-state index in [-0.39, 0.29) is 0 Å². The minimum absolute atomic E-state index is 0.596. The molecule has 6 nitrogen and oxygen atoms in total. The average Bonchev–Trinajstić information content (AvgIpc) is 3.14. The van der Waals surface area contributed by atoms with Gasteiger partial charge in [0.1, 0.15) is 12.7 Å². The Labute approximate surface area is 284 Å². The van der Waals surface area contributed by atoms with Gasteiger partial charge in [0, 0.05) is 67.1 Å². The molecule has 2 fully saturated rings. The molecule has 0 amide bonds. The normalized spacial score (nSPS) is 20.2. The van der Waals surface area contributed by atoms with Crippen LogP contribution >= 0.6 is 15.8 Å². The van der Waals surface area contributed by atoms with E-state index in [1.54, 1.807) is 12.7 Å². The Kier molecular flexibility index (Phi) is 8.24. The van der Waals surface area contributed by atoms with Gasteiger partial charge in [-0.25, -0.2) is 19.9 Å². The fourth-order valence-corrected chi connectivity index (χ4v) is 14.6. The number of benzene rings is 4. The first-order valence-corrected chi connectivity index (χ1v) is 20.4. The third kappa shape index (κ3) is 5.63. The Morgan fingerprint density at radius 1 is 0.479 bits per heavy atom. The topological polar surface area (TPSA) is 75.6 Å². The third-order valence-corrected chi connectivity index (χ3v) is 16.6. The molecular formula is C40H40N6P2. The number of fused-ring (bicyclic) bond motifs is 6. The Morgan fingerprint density at radius 2 is 0.917 bits per heavy atom. The minimum Gasteiger partial charge on any atom is -0.354 e. The van der Waals surface area contributed by atoms with E-state index in [4.69, 9.17) is 9.97 Å². The monoisotopic (exact) mass is 666 g/mol. The zero-order valence-corrected chi connectivity index (χ0v) is 28.9. The molecule has 2 aliphatic carbocycles. The maximum atomic E-state index is 4.79. The van der Waals surface area contributed by atoms with E-state index in [1.165, 1.54) is 108 Å². The third-order valence-electron chi connectivity index (χ3n) is 10.5. The molecule has 9 rings (SSSR count). The van der Waals surface area contributed by atoms with E-state index >= 15 is 0 Å². The van der Waals surface area contributed by atoms with E-state index < -0.39 is 15.8 Å². The molecule has 2 N–H and O–H groups in total. The molecule has 0 spiro atoms. The zero-order chi connectivity index (χ0) is 31.9. The van der Waals surface area contributed by atoms with Crippen LogP contribution in [0.3, 0.4) is 0 Å². The van der Waals surface area contributed by atoms with Crippen molar-refractivity contribution >= 4 is 81.6 Å². The fraction of sp³-hybridized carbons (Fsp3) is 0.300. The summed E-state index contributed by atoms with van der Waals surface area (Å²) >= 11 is 0. The average molecular weight is 667 g/mol. The summed E-state index contributed by atoms with van der Waals surface area (Å²) in [5.41, 5.74) is 8.03. The second-order valence-electron chi connectivity index (χ2n) is 13.5. The van der Waals surface area contributed by atoms with Crippen LogP contribution in [-0.2, 0) is 0 Å². The molecule has 240 valence electrons. The van der Waals surface area contributed by atoms with Crippen LogP contribution in [0.25, 0.3) is 21.8 Å². The van der Waals surface area contributed by atoms with Crippen molar-refractivity contribution in [2.24, 2.45) is 0 Å². The predicted octanol–water partition coefficient (Wildman–Crippen LogP) is 8.90. The summed E-state index contributed by atoms with van der Waals surface area (Å²) in [4.78, 5) is 18.4. The lowest BCUT2D eigenvalue weighted by atomic mass is 10.0. The molecule has 2 aromatic heterocycles. The predicted molar refractivity (Wildman–Crippen MR) is 205 cm³/mol. The first kappa shape index (κ1) is 30.1. The molecule has 2 atom stereocenters. The van der Waals surface area contributed by atoms with Crippen molar-refractivity contribution in [3.8, 4) is 0 Å². The largest absolute Gasteiger partial charge is 0.354 e. The van der Waals surface area contributed by atoms with Crippen LogP contribution in [0.2, 0.25) is 0 Å². The molecule has 2 saturated carbocycles. The molecule has 48 heavy (non-hydrogen) atoms. The number of nitrogens with one attached hydrogen (secondary N) is 2. The van der Waals surface area contributed by atoms with Crippen molar-refractivity contribution in [3.63, 3.8) is 0 Å². The van der Waals surface area contributed by atoms with E-state index in [1.807, 2.05) is 12.4 Å². The van der Waals surface area contributed by atoms with Crippen LogP contribution in [0, 0.1) is 0 Å². The van der Waals surface area contributed by atoms with Gasteiger partial charge < -0.3 is 10.6 Å². The zero-order valence-electron chi connectivity index (χ0n) is 27.1. The molecule has 3 heterocycles. The van der Waals surface area contributed by atoms with Crippen molar-refractivity contribution < 1.29 is 0 Å². The fourth-order valence-electron chi connectivity index (χ4n) is 8.23. The van der Waals surface area contributed by atoms with E-state index in [0.29, 0.717) is 11.3 Å². The summed E-state index contributed by atoms with van der Waals surface area (Å²) in [6.07, 6.45) is 20.1. The molecule has 0 saturated heterocycles. The van der Waals surface area contributed by atoms with Gasteiger partial charge in [0.15, 0.2) is 0 Å². The summed E-state index contributed by atoms with van der Waals surface area (Å²) in [7, 11) is -1.46. The SMILES string of the molecule is c1ccc2c(c1)Nc1ccccc1P(C1CCCCC1)c1cc3ncncc3cc1Nc1cc3cncnc3cc1P2C1CCCCC1. The summed E-state index contributed by atoms with van der Waals surface area (Å²) in [6.45, 7) is 0. The highest BCUT2D eigenvalue weighted by Crippen LogP contribution is 2.53. The highest BCUT2D eigenvalue weighted by atomic mass is 31.1. The molecule has 0 radical (unpaired) electrons. The van der Waals surface area contributed by atoms with E-state index in [0.717, 1.165) is 21.8 Å². The smallest absolute Gasteiger partial charge is 0.116 e. The van der Waals surface area contributed by atoms with Gasteiger partial charge in [-0.1, -0.05) is 74.9 Å². The molecular weight excluding hydrogens is 626 g/mol. The van der Waals surface area contributed by atoms with Crippen molar-refractivity contribution in [1.29, 1.82) is 0 Å². The van der Waals surface area contributed by atoms with Crippen LogP contribution in [0.15, 0.2) is 97.8 Å². The number of rotatable bonds is 2. The summed E-state index contributed by atoms with van der Waals surface area (Å²) in [5.74, 6) is 0. The highest BCUT2D eigenvalue weighted by molar-refractivity contribution is 7.75. The lowest BCUT2D eigenvalue weighted by Gasteiger charge is -2.37. The number of hydrogen-bond acceptors (Lipinski definition) is 6. The molecule has 2 unspecified atom stereocenters. The van der Waals surface area contributed by atoms with E-state index in [9.17, 15) is 0 Å². The van der Waals surface area contributed by atoms with Crippen molar-refractivity contribution in [1.82, 2.24) is 19.9 Å². The molecule has 0 bridgehead atoms. The summed E-state index contributed by atoms with van der Waals surface area (Å²) in [5, 5.41) is 16.0. The Bertz CT molecular complexity index is 1960. The maximum Gasteiger partial charge on any atom is 0.116 e. The Morgan fingerprint density at radius 3 is 1.40 bits per heavy atom. The van der Waals surface area contributed by atoms with Gasteiger partial charge in [0.05, 0.1) is 11.0 Å². The molecule has 4 aromatic carbocycles. The van der Waals surface area contributed by atoms with Gasteiger partial charge in [0.25, 0.3) is 0 Å². The van der Waals surface area contributed by atoms with Gasteiger partial charge in [-0.3, -0.25) is 0 Å². The maximum absolute atomic E-state index is 4.79. The van der Waals surface area contributed by atoms with Gasteiger partial charge in [0.2, 0.25) is 0 Å². The molecule has 8 heteroatoms. The standard InChI is InChI=1S/C40H40N6P2/c1-3-11-29(12-4-1)47-37-17-9-7-15-31(37)45-32-16-8-10-18-38(32)48(30-13-5-2-6-14-30)40-22-34-28(24-42-26-44-34)20-36(40)46-35-19-27-23-41-25-43-33(27)21-39(35)47/h7-10,15-26,29-30,45-46H,1-6,11-14H2. The number of para-hydroxylation sites is 2. The molecule has 1 aliphatic heterocycles. The van der Waals surface area contributed by atoms with Crippen LogP contribution < -0.4 is 31.9 Å². The molecule has 3 aliphatic rings. The molecule has 6 aromatic rings. The second-order valence-corrected chi connectivity index (χ2v) is 18.4. The van der Waals surface area contributed by atoms with Gasteiger partial charge in [-0.05, 0) is 89.2 Å². The first-order valence-electron chi connectivity index (χ1n) is 17.6. The van der Waals surface area contributed by atoms with Crippen LogP contribution in [0.4, 0.5) is 22.7 Å². The quantitative estimate of drug-likeness (QED) is 0.180. The summed E-state index contributed by atoms with van der Waals surface area (Å²) < 4.78 is 0. The van der Waals surface area contributed by atoms with Crippen LogP contribution in [0.5, 0.6) is 0 Å². The van der Waals surface area contributed by atoms with Crippen molar-refractivity contribution in [2.45, 2.75) is 75.5 Å². The first-order chi connectivity index (χ1) is 23.8. The van der Waals surface area contributed by atoms with Gasteiger partial charge in [-0.2, -0.15) is 0 Å². The number of nitrogens with zero attached hydrogens (tertiary/aromatic N) is 4.